The van der Waals surface area contributed by atoms with Crippen molar-refractivity contribution in [3.05, 3.63) is 0 Å². The second kappa shape index (κ2) is 9.41. The summed E-state index contributed by atoms with van der Waals surface area (Å²) in [6.07, 6.45) is -15.4. The van der Waals surface area contributed by atoms with Gasteiger partial charge in [0.05, 0.1) is 0 Å². The van der Waals surface area contributed by atoms with Crippen LogP contribution in [0.5, 0.6) is 0 Å². The fraction of sp³-hybridized carbons (Fsp3) is 1.00. The Morgan fingerprint density at radius 2 is 0.824 bits per heavy atom. The van der Waals surface area contributed by atoms with Crippen LogP contribution >= 0.6 is 0 Å². The summed E-state index contributed by atoms with van der Waals surface area (Å²) in [4.78, 5) is 0. The summed E-state index contributed by atoms with van der Waals surface area (Å²) in [7, 11) is -3.17. The highest BCUT2D eigenvalue weighted by atomic mass is 28.4. The molecular formula is C13H13F17O3Si. The first-order chi connectivity index (χ1) is 14.7. The van der Waals surface area contributed by atoms with E-state index in [-0.39, 0.29) is 0 Å². The van der Waals surface area contributed by atoms with E-state index in [1.165, 1.54) is 0 Å². The number of rotatable bonds is 12. The maximum absolute atomic E-state index is 14.1. The van der Waals surface area contributed by atoms with Crippen LogP contribution in [0.15, 0.2) is 0 Å². The number of alkyl halides is 17. The molecular weight excluding hydrogens is 555 g/mol. The summed E-state index contributed by atoms with van der Waals surface area (Å²) in [6, 6.07) is 0. The lowest BCUT2D eigenvalue weighted by atomic mass is 9.89. The Balaban J connectivity index is 6.46. The van der Waals surface area contributed by atoms with E-state index in [2.05, 4.69) is 13.3 Å². The molecule has 0 fully saturated rings. The third-order valence-corrected chi connectivity index (χ3v) is 7.11. The fourth-order valence-electron chi connectivity index (χ4n) is 2.28. The molecule has 0 aromatic rings. The van der Waals surface area contributed by atoms with Crippen LogP contribution in [0.3, 0.4) is 0 Å². The molecule has 2 unspecified atom stereocenters. The maximum atomic E-state index is 14.1. The van der Waals surface area contributed by atoms with E-state index in [1.54, 1.807) is 0 Å². The molecule has 0 aliphatic heterocycles. The Hall–Kier alpha value is -1.09. The first-order valence-electron chi connectivity index (χ1n) is 8.00. The lowest BCUT2D eigenvalue weighted by Crippen LogP contribution is -2.73. The van der Waals surface area contributed by atoms with Crippen LogP contribution in [0, 0.1) is 0 Å². The van der Waals surface area contributed by atoms with Crippen LogP contribution < -0.4 is 0 Å². The van der Waals surface area contributed by atoms with Crippen LogP contribution in [0.1, 0.15) is 6.42 Å². The lowest BCUT2D eigenvalue weighted by Gasteiger charge is -2.42. The highest BCUT2D eigenvalue weighted by molar-refractivity contribution is 6.62. The Labute approximate surface area is 179 Å². The molecule has 0 saturated heterocycles. The third kappa shape index (κ3) is 4.55. The average molecular weight is 568 g/mol. The number of hydrogen-bond acceptors (Lipinski definition) is 3. The fourth-order valence-corrected chi connectivity index (χ4v) is 4.05. The minimum absolute atomic E-state index is 0.559. The van der Waals surface area contributed by atoms with Gasteiger partial charge in [0.25, 0.3) is 0 Å². The van der Waals surface area contributed by atoms with E-state index in [9.17, 15) is 74.6 Å². The van der Waals surface area contributed by atoms with E-state index in [4.69, 9.17) is 0 Å². The molecule has 0 amide bonds. The van der Waals surface area contributed by atoms with Gasteiger partial charge in [-0.05, 0) is 0 Å². The Morgan fingerprint density at radius 1 is 0.529 bits per heavy atom. The van der Waals surface area contributed by atoms with Gasteiger partial charge >= 0.3 is 50.5 Å². The van der Waals surface area contributed by atoms with E-state index >= 15 is 0 Å². The second-order valence-corrected chi connectivity index (χ2v) is 9.44. The molecule has 0 aromatic heterocycles. The van der Waals surface area contributed by atoms with Gasteiger partial charge in [0.15, 0.2) is 12.0 Å². The molecule has 0 bridgehead atoms. The predicted molar refractivity (Wildman–Crippen MR) is 76.9 cm³/mol. The van der Waals surface area contributed by atoms with Crippen molar-refractivity contribution in [2.75, 3.05) is 21.3 Å². The molecule has 2 atom stereocenters. The highest BCUT2D eigenvalue weighted by Gasteiger charge is 2.93. The van der Waals surface area contributed by atoms with Gasteiger partial charge in [-0.1, -0.05) is 0 Å². The highest BCUT2D eigenvalue weighted by Crippen LogP contribution is 2.63. The van der Waals surface area contributed by atoms with Crippen LogP contribution in [0.25, 0.3) is 0 Å². The molecule has 0 aromatic carbocycles. The van der Waals surface area contributed by atoms with Crippen molar-refractivity contribution in [1.82, 2.24) is 0 Å². The van der Waals surface area contributed by atoms with Gasteiger partial charge in [0, 0.05) is 27.8 Å². The van der Waals surface area contributed by atoms with Crippen molar-refractivity contribution in [2.24, 2.45) is 0 Å². The summed E-state index contributed by atoms with van der Waals surface area (Å²) in [5.74, 6) is -52.3. The summed E-state index contributed by atoms with van der Waals surface area (Å²) >= 11 is 0. The van der Waals surface area contributed by atoms with Crippen molar-refractivity contribution in [3.63, 3.8) is 0 Å². The summed E-state index contributed by atoms with van der Waals surface area (Å²) in [5.41, 5.74) is 0. The predicted octanol–water partition coefficient (Wildman–Crippen LogP) is 5.84. The minimum Gasteiger partial charge on any atom is -0.375 e. The smallest absolute Gasteiger partial charge is 0.375 e. The molecule has 206 valence electrons. The van der Waals surface area contributed by atoms with E-state index in [0.29, 0.717) is 21.3 Å². The van der Waals surface area contributed by atoms with Gasteiger partial charge in [0.1, 0.15) is 0 Å². The standard InChI is InChI=1S/C13H13F17O3Si/c1-31-34(32-2,33-3)6(15)4-5(14)7(16,17)8(18,19)9(20,21)10(22,23)11(24,25)12(26,27)13(28,29)30/h5-6H,4H2,1-3H3. The number of halogens is 17. The Morgan fingerprint density at radius 3 is 1.12 bits per heavy atom. The zero-order chi connectivity index (χ0) is 28.0. The van der Waals surface area contributed by atoms with Gasteiger partial charge in [-0.3, -0.25) is 0 Å². The molecule has 0 aliphatic rings. The van der Waals surface area contributed by atoms with E-state index in [0.717, 1.165) is 0 Å². The second-order valence-electron chi connectivity index (χ2n) is 6.38. The van der Waals surface area contributed by atoms with Crippen LogP contribution in [0.2, 0.25) is 0 Å². The van der Waals surface area contributed by atoms with Crippen molar-refractivity contribution in [3.8, 4) is 0 Å². The Kier molecular flexibility index (Phi) is 9.11. The lowest BCUT2D eigenvalue weighted by molar-refractivity contribution is -0.454. The van der Waals surface area contributed by atoms with Gasteiger partial charge in [-0.15, -0.1) is 0 Å². The van der Waals surface area contributed by atoms with Crippen LogP contribution in [0.4, 0.5) is 74.6 Å². The molecule has 0 saturated carbocycles. The summed E-state index contributed by atoms with van der Waals surface area (Å²) in [5, 5.41) is 0. The topological polar surface area (TPSA) is 27.7 Å². The summed E-state index contributed by atoms with van der Waals surface area (Å²) < 4.78 is 237. The average Bonchev–Trinajstić information content (AvgIpc) is 2.67. The molecule has 0 rings (SSSR count). The molecule has 21 heteroatoms. The van der Waals surface area contributed by atoms with Gasteiger partial charge in [-0.2, -0.15) is 65.9 Å². The largest absolute Gasteiger partial charge is 0.536 e. The van der Waals surface area contributed by atoms with Gasteiger partial charge < -0.3 is 13.3 Å². The first kappa shape index (κ1) is 32.9. The van der Waals surface area contributed by atoms with Gasteiger partial charge in [-0.25, -0.2) is 8.78 Å². The van der Waals surface area contributed by atoms with E-state index < -0.39 is 68.9 Å². The van der Waals surface area contributed by atoms with Crippen molar-refractivity contribution in [1.29, 1.82) is 0 Å². The SMILES string of the molecule is CO[Si](OC)(OC)C(F)CC(F)C(F)(F)C(F)(F)C(F)(F)C(F)(F)C(F)(F)C(F)(F)C(F)(F)F. The van der Waals surface area contributed by atoms with E-state index in [1.807, 2.05) is 0 Å². The molecule has 3 nitrogen and oxygen atoms in total. The molecule has 0 aliphatic carbocycles. The van der Waals surface area contributed by atoms with Crippen molar-refractivity contribution < 1.29 is 87.9 Å². The monoisotopic (exact) mass is 568 g/mol. The molecule has 34 heavy (non-hydrogen) atoms. The zero-order valence-corrected chi connectivity index (χ0v) is 17.5. The van der Waals surface area contributed by atoms with Crippen molar-refractivity contribution >= 4 is 8.80 Å². The third-order valence-electron chi connectivity index (χ3n) is 4.40. The Bertz CT molecular complexity index is 682. The summed E-state index contributed by atoms with van der Waals surface area (Å²) in [6.45, 7) is 0. The normalized spacial score (nSPS) is 17.6. The van der Waals surface area contributed by atoms with Crippen LogP contribution in [-0.4, -0.2) is 83.8 Å². The van der Waals surface area contributed by atoms with Crippen molar-refractivity contribution in [2.45, 2.75) is 60.1 Å². The molecule has 0 radical (unpaired) electrons. The first-order valence-corrected chi connectivity index (χ1v) is 9.80. The van der Waals surface area contributed by atoms with Crippen LogP contribution in [-0.2, 0) is 13.3 Å². The zero-order valence-electron chi connectivity index (χ0n) is 16.5. The minimum atomic E-state index is -8.56. The quantitative estimate of drug-likeness (QED) is 0.219. The maximum Gasteiger partial charge on any atom is 0.536 e. The molecule has 0 heterocycles. The van der Waals surface area contributed by atoms with Gasteiger partial charge in [0.2, 0.25) is 0 Å². The number of hydrogen-bond donors (Lipinski definition) is 0. The molecule has 0 spiro atoms. The molecule has 0 N–H and O–H groups in total.